The lowest BCUT2D eigenvalue weighted by Crippen LogP contribution is -2.38. The van der Waals surface area contributed by atoms with Crippen molar-refractivity contribution in [1.82, 2.24) is 24.7 Å². The Kier molecular flexibility index (Phi) is 8.65. The molecule has 2 heterocycles. The average Bonchev–Trinajstić information content (AvgIpc) is 3.16. The van der Waals surface area contributed by atoms with Crippen LogP contribution in [0.3, 0.4) is 0 Å². The summed E-state index contributed by atoms with van der Waals surface area (Å²) < 4.78 is 1.38. The molecule has 2 amide bonds. The first-order valence-corrected chi connectivity index (χ1v) is 12.5. The van der Waals surface area contributed by atoms with E-state index in [0.29, 0.717) is 23.4 Å². The molecule has 2 N–H and O–H groups in total. The van der Waals surface area contributed by atoms with Crippen LogP contribution in [-0.4, -0.2) is 68.4 Å². The summed E-state index contributed by atoms with van der Waals surface area (Å²) in [5, 5.41) is 8.83. The summed E-state index contributed by atoms with van der Waals surface area (Å²) in [6, 6.07) is 9.70. The molecule has 0 bridgehead atoms. The van der Waals surface area contributed by atoms with Crippen molar-refractivity contribution in [3.05, 3.63) is 35.9 Å². The van der Waals surface area contributed by atoms with Crippen molar-refractivity contribution in [2.45, 2.75) is 48.7 Å². The molecule has 0 radical (unpaired) electrons. The van der Waals surface area contributed by atoms with E-state index < -0.39 is 5.25 Å². The summed E-state index contributed by atoms with van der Waals surface area (Å²) in [5.74, 6) is 6.59. The quantitative estimate of drug-likeness (QED) is 0.452. The van der Waals surface area contributed by atoms with E-state index in [9.17, 15) is 9.59 Å². The fourth-order valence-corrected chi connectivity index (χ4v) is 5.37. The largest absolute Gasteiger partial charge is 0.343 e. The lowest BCUT2D eigenvalue weighted by molar-refractivity contribution is -0.131. The molecule has 168 valence electrons. The fourth-order valence-electron chi connectivity index (χ4n) is 3.51. The topological polar surface area (TPSA) is 97.4 Å². The predicted molar refractivity (Wildman–Crippen MR) is 124 cm³/mol. The van der Waals surface area contributed by atoms with Gasteiger partial charge in [-0.25, -0.2) is 4.68 Å². The van der Waals surface area contributed by atoms with Crippen LogP contribution in [0.5, 0.6) is 0 Å². The zero-order chi connectivity index (χ0) is 22.2. The molecular weight excluding hydrogens is 432 g/mol. The lowest BCUT2D eigenvalue weighted by Gasteiger charge is -2.30. The predicted octanol–water partition coefficient (Wildman–Crippen LogP) is 2.80. The molecule has 3 rings (SSSR count). The molecule has 1 unspecified atom stereocenters. The normalized spacial score (nSPS) is 15.0. The number of carbonyl (C=O) groups excluding carboxylic acids is 2. The van der Waals surface area contributed by atoms with Crippen molar-refractivity contribution in [3.63, 3.8) is 0 Å². The van der Waals surface area contributed by atoms with Crippen LogP contribution < -0.4 is 5.84 Å². The van der Waals surface area contributed by atoms with Crippen LogP contribution in [0.1, 0.15) is 43.9 Å². The van der Waals surface area contributed by atoms with Gasteiger partial charge in [0.25, 0.3) is 0 Å². The second-order valence-electron chi connectivity index (χ2n) is 7.28. The van der Waals surface area contributed by atoms with Crippen LogP contribution >= 0.6 is 23.5 Å². The molecule has 1 atom stereocenters. The van der Waals surface area contributed by atoms with Gasteiger partial charge in [-0.1, -0.05) is 53.9 Å². The van der Waals surface area contributed by atoms with Gasteiger partial charge in [-0.2, -0.15) is 0 Å². The number of likely N-dealkylation sites (tertiary alicyclic amines) is 1. The van der Waals surface area contributed by atoms with Gasteiger partial charge in [0.2, 0.25) is 22.1 Å². The van der Waals surface area contributed by atoms with E-state index in [1.165, 1.54) is 28.2 Å². The summed E-state index contributed by atoms with van der Waals surface area (Å²) in [7, 11) is 0. The molecular formula is C21H30N6O2S2. The summed E-state index contributed by atoms with van der Waals surface area (Å²) in [6.07, 6.45) is 3.23. The monoisotopic (exact) mass is 462 g/mol. The minimum absolute atomic E-state index is 0.0367. The van der Waals surface area contributed by atoms with E-state index in [0.717, 1.165) is 37.9 Å². The summed E-state index contributed by atoms with van der Waals surface area (Å²) in [6.45, 7) is 6.82. The van der Waals surface area contributed by atoms with E-state index in [1.807, 2.05) is 49.1 Å². The molecule has 2 aromatic rings. The Morgan fingerprint density at radius 3 is 2.35 bits per heavy atom. The Morgan fingerprint density at radius 1 is 1.06 bits per heavy atom. The van der Waals surface area contributed by atoms with Gasteiger partial charge in [-0.15, -0.1) is 10.2 Å². The number of thioether (sulfide) groups is 2. The first-order chi connectivity index (χ1) is 15.0. The van der Waals surface area contributed by atoms with Crippen LogP contribution in [-0.2, 0) is 9.59 Å². The lowest BCUT2D eigenvalue weighted by atomic mass is 10.1. The minimum atomic E-state index is -0.444. The molecule has 8 nitrogen and oxygen atoms in total. The van der Waals surface area contributed by atoms with Crippen LogP contribution in [0.4, 0.5) is 0 Å². The highest BCUT2D eigenvalue weighted by molar-refractivity contribution is 8.00. The molecule has 1 aliphatic heterocycles. The maximum absolute atomic E-state index is 13.3. The summed E-state index contributed by atoms with van der Waals surface area (Å²) in [4.78, 5) is 29.3. The first-order valence-electron chi connectivity index (χ1n) is 10.7. The zero-order valence-electron chi connectivity index (χ0n) is 18.1. The number of benzene rings is 1. The number of aromatic nitrogens is 3. The number of nitrogens with zero attached hydrogens (tertiary/aromatic N) is 5. The summed E-state index contributed by atoms with van der Waals surface area (Å²) >= 11 is 2.56. The van der Waals surface area contributed by atoms with Gasteiger partial charge in [-0.05, 0) is 38.7 Å². The van der Waals surface area contributed by atoms with Crippen LogP contribution in [0.15, 0.2) is 40.6 Å². The zero-order valence-corrected chi connectivity index (χ0v) is 19.7. The molecule has 0 saturated carbocycles. The highest BCUT2D eigenvalue weighted by atomic mass is 32.2. The van der Waals surface area contributed by atoms with Gasteiger partial charge < -0.3 is 15.6 Å². The Hall–Kier alpha value is -2.20. The van der Waals surface area contributed by atoms with Crippen molar-refractivity contribution in [3.8, 4) is 0 Å². The second-order valence-corrected chi connectivity index (χ2v) is 9.30. The van der Waals surface area contributed by atoms with E-state index in [-0.39, 0.29) is 17.6 Å². The van der Waals surface area contributed by atoms with Crippen molar-refractivity contribution in [2.75, 3.05) is 37.8 Å². The molecule has 1 aromatic heterocycles. The Bertz CT molecular complexity index is 866. The van der Waals surface area contributed by atoms with Crippen LogP contribution in [0, 0.1) is 0 Å². The van der Waals surface area contributed by atoms with Crippen molar-refractivity contribution < 1.29 is 9.59 Å². The molecule has 1 fully saturated rings. The van der Waals surface area contributed by atoms with E-state index in [1.54, 1.807) is 4.90 Å². The number of carbonyl (C=O) groups is 2. The SMILES string of the molecule is CCN(CC)C(=O)CSc1nnc(SC(C(=O)N2CCCCC2)c2ccccc2)n1N. The number of nitrogen functional groups attached to an aromatic ring is 1. The number of amides is 2. The maximum atomic E-state index is 13.3. The Balaban J connectivity index is 1.74. The molecule has 0 spiro atoms. The molecule has 1 aliphatic rings. The molecule has 0 aliphatic carbocycles. The number of hydrogen-bond donors (Lipinski definition) is 1. The smallest absolute Gasteiger partial charge is 0.240 e. The van der Waals surface area contributed by atoms with Gasteiger partial charge in [0.05, 0.1) is 5.75 Å². The van der Waals surface area contributed by atoms with Crippen molar-refractivity contribution >= 4 is 35.3 Å². The Morgan fingerprint density at radius 2 is 1.71 bits per heavy atom. The van der Waals surface area contributed by atoms with Gasteiger partial charge >= 0.3 is 0 Å². The fraction of sp³-hybridized carbons (Fsp3) is 0.524. The minimum Gasteiger partial charge on any atom is -0.343 e. The molecule has 1 aromatic carbocycles. The number of nitrogens with two attached hydrogens (primary N) is 1. The van der Waals surface area contributed by atoms with Crippen LogP contribution in [0.2, 0.25) is 0 Å². The third kappa shape index (κ3) is 5.94. The first kappa shape index (κ1) is 23.5. The second kappa shape index (κ2) is 11.4. The van der Waals surface area contributed by atoms with E-state index in [4.69, 9.17) is 5.84 Å². The standard InChI is InChI=1S/C21H30N6O2S2/c1-3-25(4-2)17(28)15-30-20-23-24-21(27(20)22)31-18(16-11-7-5-8-12-16)19(29)26-13-9-6-10-14-26/h5,7-8,11-12,18H,3-4,6,9-10,13-15,22H2,1-2H3. The van der Waals surface area contributed by atoms with Gasteiger partial charge in [0.15, 0.2) is 0 Å². The summed E-state index contributed by atoms with van der Waals surface area (Å²) in [5.41, 5.74) is 0.914. The third-order valence-corrected chi connectivity index (χ3v) is 7.42. The van der Waals surface area contributed by atoms with E-state index in [2.05, 4.69) is 10.2 Å². The highest BCUT2D eigenvalue weighted by Gasteiger charge is 2.30. The van der Waals surface area contributed by atoms with Gasteiger partial charge in [0, 0.05) is 26.2 Å². The van der Waals surface area contributed by atoms with E-state index >= 15 is 0 Å². The van der Waals surface area contributed by atoms with Gasteiger partial charge in [0.1, 0.15) is 5.25 Å². The highest BCUT2D eigenvalue weighted by Crippen LogP contribution is 2.37. The van der Waals surface area contributed by atoms with Crippen molar-refractivity contribution in [1.29, 1.82) is 0 Å². The van der Waals surface area contributed by atoms with Gasteiger partial charge in [-0.3, -0.25) is 9.59 Å². The molecule has 31 heavy (non-hydrogen) atoms. The third-order valence-electron chi connectivity index (χ3n) is 5.29. The van der Waals surface area contributed by atoms with Crippen LogP contribution in [0.25, 0.3) is 0 Å². The molecule has 1 saturated heterocycles. The van der Waals surface area contributed by atoms with Crippen molar-refractivity contribution in [2.24, 2.45) is 0 Å². The number of rotatable bonds is 9. The average molecular weight is 463 g/mol. The molecule has 10 heteroatoms. The number of piperidine rings is 1. The maximum Gasteiger partial charge on any atom is 0.240 e. The number of hydrogen-bond acceptors (Lipinski definition) is 7. The Labute approximate surface area is 191 Å².